The predicted octanol–water partition coefficient (Wildman–Crippen LogP) is 10.3. The molecule has 0 bridgehead atoms. The van der Waals surface area contributed by atoms with Crippen LogP contribution in [0.25, 0.3) is 86.0 Å². The number of para-hydroxylation sites is 3. The summed E-state index contributed by atoms with van der Waals surface area (Å²) in [7, 11) is 0. The lowest BCUT2D eigenvalue weighted by molar-refractivity contribution is 1.20. The number of fused-ring (bicyclic) bond motifs is 15. The molecule has 4 heteroatoms. The van der Waals surface area contributed by atoms with Gasteiger partial charge in [0.05, 0.1) is 38.0 Å². The van der Waals surface area contributed by atoms with E-state index in [4.69, 9.17) is 4.98 Å². The van der Waals surface area contributed by atoms with Crippen molar-refractivity contribution in [2.75, 3.05) is 0 Å². The van der Waals surface area contributed by atoms with Crippen molar-refractivity contribution < 1.29 is 0 Å². The third-order valence-electron chi connectivity index (χ3n) is 8.68. The van der Waals surface area contributed by atoms with Crippen LogP contribution in [0.15, 0.2) is 127 Å². The molecule has 4 aromatic heterocycles. The zero-order chi connectivity index (χ0) is 26.7. The Bertz CT molecular complexity index is 2700. The molecule has 4 heterocycles. The van der Waals surface area contributed by atoms with E-state index in [0.717, 1.165) is 16.7 Å². The van der Waals surface area contributed by atoms with Crippen molar-refractivity contribution in [2.24, 2.45) is 0 Å². The fourth-order valence-electron chi connectivity index (χ4n) is 7.01. The Morgan fingerprint density at radius 2 is 1.20 bits per heavy atom. The van der Waals surface area contributed by atoms with Gasteiger partial charge in [0.2, 0.25) is 0 Å². The van der Waals surface area contributed by atoms with Crippen LogP contribution in [0.1, 0.15) is 0 Å². The Labute approximate surface area is 238 Å². The molecule has 0 saturated heterocycles. The number of nitrogens with zero attached hydrogens (tertiary/aromatic N) is 3. The van der Waals surface area contributed by atoms with Gasteiger partial charge in [0, 0.05) is 37.0 Å². The molecule has 6 aromatic carbocycles. The van der Waals surface area contributed by atoms with E-state index in [1.54, 1.807) is 0 Å². The number of aromatic nitrogens is 3. The zero-order valence-electron chi connectivity index (χ0n) is 21.9. The van der Waals surface area contributed by atoms with Crippen LogP contribution in [0.4, 0.5) is 0 Å². The van der Waals surface area contributed by atoms with Crippen LogP contribution in [0.5, 0.6) is 0 Å². The Morgan fingerprint density at radius 3 is 2.10 bits per heavy atom. The SMILES string of the molecule is c1ccc2c(c1)nc1c3ccccc3c3ccc4c(c5ccccc5n4-c4cccc5c4sc4ccccc45)c3n21. The molecule has 0 amide bonds. The maximum Gasteiger partial charge on any atom is 0.146 e. The van der Waals surface area contributed by atoms with Crippen LogP contribution in [0.2, 0.25) is 0 Å². The van der Waals surface area contributed by atoms with Crippen molar-refractivity contribution in [3.63, 3.8) is 0 Å². The highest BCUT2D eigenvalue weighted by atomic mass is 32.1. The topological polar surface area (TPSA) is 22.2 Å². The van der Waals surface area contributed by atoms with E-state index in [0.29, 0.717) is 0 Å². The van der Waals surface area contributed by atoms with Gasteiger partial charge in [-0.15, -0.1) is 11.3 Å². The molecule has 0 aliphatic carbocycles. The summed E-state index contributed by atoms with van der Waals surface area (Å²) >= 11 is 1.88. The molecule has 10 rings (SSSR count). The molecule has 0 aliphatic heterocycles. The summed E-state index contributed by atoms with van der Waals surface area (Å²) < 4.78 is 7.50. The van der Waals surface area contributed by atoms with Gasteiger partial charge in [-0.05, 0) is 41.8 Å². The molecule has 41 heavy (non-hydrogen) atoms. The number of benzene rings is 6. The van der Waals surface area contributed by atoms with E-state index in [1.165, 1.54) is 69.3 Å². The van der Waals surface area contributed by atoms with Crippen molar-refractivity contribution in [2.45, 2.75) is 0 Å². The van der Waals surface area contributed by atoms with Gasteiger partial charge in [-0.2, -0.15) is 0 Å². The molecular formula is C37H21N3S. The standard InChI is InChI=1S/C37H21N3S/c1-2-12-26-22(10-1)24-20-21-31-34(35(24)40-30-17-7-5-15-28(30)38-37(26)40)27-13-3-6-16-29(27)39(31)32-18-9-14-25-23-11-4-8-19-33(23)41-36(25)32/h1-21H. The Hall–Kier alpha value is -5.19. The van der Waals surface area contributed by atoms with E-state index in [-0.39, 0.29) is 0 Å². The average molecular weight is 540 g/mol. The average Bonchev–Trinajstić information content (AvgIpc) is 3.71. The third-order valence-corrected chi connectivity index (χ3v) is 9.89. The van der Waals surface area contributed by atoms with Gasteiger partial charge in [-0.1, -0.05) is 91.0 Å². The number of hydrogen-bond donors (Lipinski definition) is 0. The highest BCUT2D eigenvalue weighted by molar-refractivity contribution is 7.26. The van der Waals surface area contributed by atoms with Crippen LogP contribution in [0.3, 0.4) is 0 Å². The van der Waals surface area contributed by atoms with Gasteiger partial charge >= 0.3 is 0 Å². The lowest BCUT2D eigenvalue weighted by Gasteiger charge is -2.12. The third kappa shape index (κ3) is 2.70. The van der Waals surface area contributed by atoms with Crippen molar-refractivity contribution >= 4 is 91.7 Å². The summed E-state index contributed by atoms with van der Waals surface area (Å²) in [5, 5.41) is 8.79. The van der Waals surface area contributed by atoms with Gasteiger partial charge in [0.1, 0.15) is 5.65 Å². The maximum absolute atomic E-state index is 5.17. The second-order valence-electron chi connectivity index (χ2n) is 10.8. The molecule has 0 atom stereocenters. The van der Waals surface area contributed by atoms with Crippen LogP contribution in [-0.2, 0) is 0 Å². The quantitative estimate of drug-likeness (QED) is 0.190. The summed E-state index contributed by atoms with van der Waals surface area (Å²) in [5.41, 5.74) is 8.01. The van der Waals surface area contributed by atoms with Crippen molar-refractivity contribution in [1.29, 1.82) is 0 Å². The lowest BCUT2D eigenvalue weighted by atomic mass is 10.0. The summed E-state index contributed by atoms with van der Waals surface area (Å²) in [6.07, 6.45) is 0. The smallest absolute Gasteiger partial charge is 0.146 e. The first-order valence-corrected chi connectivity index (χ1v) is 14.7. The second-order valence-corrected chi connectivity index (χ2v) is 11.8. The molecular weight excluding hydrogens is 518 g/mol. The summed E-state index contributed by atoms with van der Waals surface area (Å²) in [6.45, 7) is 0. The molecule has 3 nitrogen and oxygen atoms in total. The minimum Gasteiger partial charge on any atom is -0.308 e. The summed E-state index contributed by atoms with van der Waals surface area (Å²) in [5.74, 6) is 0. The van der Waals surface area contributed by atoms with Gasteiger partial charge in [0.15, 0.2) is 0 Å². The molecule has 0 radical (unpaired) electrons. The second kappa shape index (κ2) is 7.72. The zero-order valence-corrected chi connectivity index (χ0v) is 22.7. The number of pyridine rings is 1. The van der Waals surface area contributed by atoms with Crippen molar-refractivity contribution in [1.82, 2.24) is 14.0 Å². The number of rotatable bonds is 1. The van der Waals surface area contributed by atoms with Crippen LogP contribution in [0, 0.1) is 0 Å². The van der Waals surface area contributed by atoms with Gasteiger partial charge in [-0.3, -0.25) is 4.40 Å². The number of thiophene rings is 1. The first kappa shape index (κ1) is 21.6. The maximum atomic E-state index is 5.17. The normalized spacial score (nSPS) is 12.4. The molecule has 0 saturated carbocycles. The van der Waals surface area contributed by atoms with Crippen molar-refractivity contribution in [3.8, 4) is 5.69 Å². The number of hydrogen-bond acceptors (Lipinski definition) is 2. The largest absolute Gasteiger partial charge is 0.308 e. The molecule has 0 N–H and O–H groups in total. The van der Waals surface area contributed by atoms with Gasteiger partial charge < -0.3 is 4.57 Å². The minimum atomic E-state index is 1.00. The first-order valence-electron chi connectivity index (χ1n) is 13.9. The molecule has 10 aromatic rings. The highest BCUT2D eigenvalue weighted by Gasteiger charge is 2.21. The minimum absolute atomic E-state index is 1.00. The number of imidazole rings is 1. The van der Waals surface area contributed by atoms with E-state index >= 15 is 0 Å². The summed E-state index contributed by atoms with van der Waals surface area (Å²) in [4.78, 5) is 5.17. The van der Waals surface area contributed by atoms with Crippen LogP contribution in [-0.4, -0.2) is 14.0 Å². The fourth-order valence-corrected chi connectivity index (χ4v) is 8.21. The Balaban J connectivity index is 1.48. The van der Waals surface area contributed by atoms with E-state index < -0.39 is 0 Å². The monoisotopic (exact) mass is 539 g/mol. The molecule has 0 aliphatic rings. The lowest BCUT2D eigenvalue weighted by Crippen LogP contribution is -1.95. The highest BCUT2D eigenvalue weighted by Crippen LogP contribution is 2.44. The van der Waals surface area contributed by atoms with E-state index in [9.17, 15) is 0 Å². The van der Waals surface area contributed by atoms with E-state index in [2.05, 4.69) is 136 Å². The van der Waals surface area contributed by atoms with Crippen molar-refractivity contribution in [3.05, 3.63) is 127 Å². The Kier molecular flexibility index (Phi) is 4.07. The Morgan fingerprint density at radius 1 is 0.488 bits per heavy atom. The molecule has 0 fully saturated rings. The van der Waals surface area contributed by atoms with Crippen LogP contribution < -0.4 is 0 Å². The molecule has 190 valence electrons. The fraction of sp³-hybridized carbons (Fsp3) is 0. The summed E-state index contributed by atoms with van der Waals surface area (Å²) in [6, 6.07) is 46.2. The van der Waals surface area contributed by atoms with Gasteiger partial charge in [0.25, 0.3) is 0 Å². The van der Waals surface area contributed by atoms with E-state index in [1.807, 2.05) is 11.3 Å². The molecule has 0 unspecified atom stereocenters. The van der Waals surface area contributed by atoms with Crippen LogP contribution >= 0.6 is 11.3 Å². The molecule has 0 spiro atoms. The van der Waals surface area contributed by atoms with Gasteiger partial charge in [-0.25, -0.2) is 4.98 Å². The predicted molar refractivity (Wildman–Crippen MR) is 175 cm³/mol. The first-order chi connectivity index (χ1) is 20.4.